The number of amides is 1. The van der Waals surface area contributed by atoms with Crippen molar-refractivity contribution in [2.24, 2.45) is 0 Å². The molecule has 0 aliphatic heterocycles. The van der Waals surface area contributed by atoms with Crippen molar-refractivity contribution in [3.63, 3.8) is 0 Å². The number of hydrogen-bond acceptors (Lipinski definition) is 4. The second kappa shape index (κ2) is 8.53. The van der Waals surface area contributed by atoms with Gasteiger partial charge in [-0.05, 0) is 37.3 Å². The fraction of sp³-hybridized carbons (Fsp3) is 0.278. The Hall–Kier alpha value is -2.09. The lowest BCUT2D eigenvalue weighted by molar-refractivity contribution is -0.116. The summed E-state index contributed by atoms with van der Waals surface area (Å²) in [6.45, 7) is 3.46. The highest BCUT2D eigenvalue weighted by molar-refractivity contribution is 7.89. The quantitative estimate of drug-likeness (QED) is 0.780. The van der Waals surface area contributed by atoms with Gasteiger partial charge in [0.05, 0.1) is 17.7 Å². The molecule has 0 aliphatic rings. The van der Waals surface area contributed by atoms with Crippen LogP contribution in [-0.2, 0) is 14.8 Å². The summed E-state index contributed by atoms with van der Waals surface area (Å²) in [5.74, 6) is 0.228. The molecule has 2 aromatic rings. The van der Waals surface area contributed by atoms with E-state index in [0.29, 0.717) is 16.5 Å². The minimum atomic E-state index is -3.65. The number of methoxy groups -OCH3 is 1. The molecule has 8 heteroatoms. The van der Waals surface area contributed by atoms with Gasteiger partial charge in [0.15, 0.2) is 0 Å². The molecular weight excluding hydrogens is 376 g/mol. The molecule has 1 N–H and O–H groups in total. The highest BCUT2D eigenvalue weighted by Crippen LogP contribution is 2.31. The Balaban J connectivity index is 2.14. The summed E-state index contributed by atoms with van der Waals surface area (Å²) in [6, 6.07) is 11.5. The summed E-state index contributed by atoms with van der Waals surface area (Å²) in [6.07, 6.45) is 0. The smallest absolute Gasteiger partial charge is 0.240 e. The molecule has 0 unspecified atom stereocenters. The summed E-state index contributed by atoms with van der Waals surface area (Å²) in [4.78, 5) is 13.6. The Morgan fingerprint density at radius 1 is 1.19 bits per heavy atom. The zero-order chi connectivity index (χ0) is 19.3. The van der Waals surface area contributed by atoms with Gasteiger partial charge in [0.1, 0.15) is 5.75 Å². The Morgan fingerprint density at radius 2 is 1.85 bits per heavy atom. The molecule has 0 saturated heterocycles. The Labute approximate surface area is 158 Å². The zero-order valence-electron chi connectivity index (χ0n) is 14.8. The lowest BCUT2D eigenvalue weighted by atomic mass is 10.2. The molecule has 6 nitrogen and oxygen atoms in total. The molecule has 0 aromatic heterocycles. The normalized spacial score (nSPS) is 11.2. The monoisotopic (exact) mass is 396 g/mol. The van der Waals surface area contributed by atoms with E-state index in [4.69, 9.17) is 16.3 Å². The molecule has 1 amide bonds. The summed E-state index contributed by atoms with van der Waals surface area (Å²) < 4.78 is 32.5. The number of carbonyl (C=O) groups excluding carboxylic acids is 1. The molecule has 2 rings (SSSR count). The maximum atomic E-state index is 12.3. The molecule has 140 valence electrons. The summed E-state index contributed by atoms with van der Waals surface area (Å²) in [7, 11) is -2.16. The molecule has 26 heavy (non-hydrogen) atoms. The molecule has 0 fully saturated rings. The third-order valence-electron chi connectivity index (χ3n) is 3.77. The van der Waals surface area contributed by atoms with Gasteiger partial charge in [-0.1, -0.05) is 29.3 Å². The minimum Gasteiger partial charge on any atom is -0.495 e. The van der Waals surface area contributed by atoms with E-state index in [1.807, 2.05) is 6.92 Å². The number of halogens is 1. The predicted octanol–water partition coefficient (Wildman–Crippen LogP) is 2.99. The van der Waals surface area contributed by atoms with E-state index in [2.05, 4.69) is 4.72 Å². The third-order valence-corrected chi connectivity index (χ3v) is 5.48. The van der Waals surface area contributed by atoms with Crippen molar-refractivity contribution < 1.29 is 17.9 Å². The van der Waals surface area contributed by atoms with Crippen LogP contribution in [0.5, 0.6) is 5.75 Å². The topological polar surface area (TPSA) is 75.7 Å². The first kappa shape index (κ1) is 20.2. The van der Waals surface area contributed by atoms with Gasteiger partial charge >= 0.3 is 0 Å². The van der Waals surface area contributed by atoms with Crippen molar-refractivity contribution in [3.8, 4) is 5.75 Å². The van der Waals surface area contributed by atoms with E-state index in [9.17, 15) is 13.2 Å². The van der Waals surface area contributed by atoms with E-state index >= 15 is 0 Å². The van der Waals surface area contributed by atoms with E-state index in [1.54, 1.807) is 42.5 Å². The minimum absolute atomic E-state index is 0.0471. The van der Waals surface area contributed by atoms with Gasteiger partial charge in [0.25, 0.3) is 0 Å². The fourth-order valence-electron chi connectivity index (χ4n) is 2.41. The first-order chi connectivity index (χ1) is 12.2. The zero-order valence-corrected chi connectivity index (χ0v) is 16.4. The SMILES string of the molecule is COc1ccc(Cl)cc1N(CCNS(=O)(=O)c1ccc(C)cc1)C(C)=O. The molecule has 0 radical (unpaired) electrons. The van der Waals surface area contributed by atoms with Crippen LogP contribution in [0.4, 0.5) is 5.69 Å². The molecule has 0 heterocycles. The van der Waals surface area contributed by atoms with Crippen LogP contribution in [-0.4, -0.2) is 34.5 Å². The van der Waals surface area contributed by atoms with Crippen LogP contribution in [0.15, 0.2) is 47.4 Å². The number of anilines is 1. The van der Waals surface area contributed by atoms with Crippen molar-refractivity contribution in [1.29, 1.82) is 0 Å². The maximum absolute atomic E-state index is 12.3. The van der Waals surface area contributed by atoms with Crippen LogP contribution in [0.25, 0.3) is 0 Å². The number of sulfonamides is 1. The van der Waals surface area contributed by atoms with Crippen LogP contribution < -0.4 is 14.4 Å². The summed E-state index contributed by atoms with van der Waals surface area (Å²) in [5, 5.41) is 0.451. The second-order valence-corrected chi connectivity index (χ2v) is 7.90. The second-order valence-electron chi connectivity index (χ2n) is 5.70. The third kappa shape index (κ3) is 4.97. The number of benzene rings is 2. The van der Waals surface area contributed by atoms with Crippen molar-refractivity contribution in [2.45, 2.75) is 18.7 Å². The number of nitrogens with zero attached hydrogens (tertiary/aromatic N) is 1. The lowest BCUT2D eigenvalue weighted by Crippen LogP contribution is -2.37. The molecule has 0 aliphatic carbocycles. The number of ether oxygens (including phenoxy) is 1. The van der Waals surface area contributed by atoms with Crippen molar-refractivity contribution in [2.75, 3.05) is 25.1 Å². The molecule has 0 bridgehead atoms. The van der Waals surface area contributed by atoms with Crippen LogP contribution in [0.1, 0.15) is 12.5 Å². The van der Waals surface area contributed by atoms with E-state index in [1.165, 1.54) is 18.9 Å². The first-order valence-electron chi connectivity index (χ1n) is 7.92. The number of nitrogens with one attached hydrogen (secondary N) is 1. The van der Waals surface area contributed by atoms with Gasteiger partial charge in [-0.3, -0.25) is 4.79 Å². The number of hydrogen-bond donors (Lipinski definition) is 1. The van der Waals surface area contributed by atoms with E-state index < -0.39 is 10.0 Å². The Kier molecular flexibility index (Phi) is 6.63. The molecule has 2 aromatic carbocycles. The van der Waals surface area contributed by atoms with E-state index in [0.717, 1.165) is 5.56 Å². The Morgan fingerprint density at radius 3 is 2.42 bits per heavy atom. The average Bonchev–Trinajstić information content (AvgIpc) is 2.58. The van der Waals surface area contributed by atoms with Crippen LogP contribution in [0, 0.1) is 6.92 Å². The molecule has 0 atom stereocenters. The maximum Gasteiger partial charge on any atom is 0.240 e. The van der Waals surface area contributed by atoms with Crippen molar-refractivity contribution in [3.05, 3.63) is 53.1 Å². The lowest BCUT2D eigenvalue weighted by Gasteiger charge is -2.23. The average molecular weight is 397 g/mol. The highest BCUT2D eigenvalue weighted by Gasteiger charge is 2.19. The molecule has 0 spiro atoms. The van der Waals surface area contributed by atoms with Gasteiger partial charge in [-0.15, -0.1) is 0 Å². The van der Waals surface area contributed by atoms with Crippen LogP contribution >= 0.6 is 11.6 Å². The van der Waals surface area contributed by atoms with Crippen molar-refractivity contribution >= 4 is 33.2 Å². The Bertz CT molecular complexity index is 883. The van der Waals surface area contributed by atoms with Gasteiger partial charge in [-0.2, -0.15) is 0 Å². The van der Waals surface area contributed by atoms with Crippen molar-refractivity contribution in [1.82, 2.24) is 4.72 Å². The van der Waals surface area contributed by atoms with Crippen LogP contribution in [0.2, 0.25) is 5.02 Å². The molecular formula is C18H21ClN2O4S. The standard InChI is InChI=1S/C18H21ClN2O4S/c1-13-4-7-16(8-5-13)26(23,24)20-10-11-21(14(2)22)17-12-15(19)6-9-18(17)25-3/h4-9,12,20H,10-11H2,1-3H3. The predicted molar refractivity (Wildman–Crippen MR) is 102 cm³/mol. The van der Waals surface area contributed by atoms with Gasteiger partial charge in [0.2, 0.25) is 15.9 Å². The van der Waals surface area contributed by atoms with Gasteiger partial charge < -0.3 is 9.64 Å². The summed E-state index contributed by atoms with van der Waals surface area (Å²) >= 11 is 6.02. The van der Waals surface area contributed by atoms with Crippen LogP contribution in [0.3, 0.4) is 0 Å². The molecule has 0 saturated carbocycles. The largest absolute Gasteiger partial charge is 0.495 e. The number of rotatable bonds is 7. The van der Waals surface area contributed by atoms with E-state index in [-0.39, 0.29) is 23.9 Å². The summed E-state index contributed by atoms with van der Waals surface area (Å²) in [5.41, 5.74) is 1.46. The highest BCUT2D eigenvalue weighted by atomic mass is 35.5. The first-order valence-corrected chi connectivity index (χ1v) is 9.78. The number of aryl methyl sites for hydroxylation is 1. The van der Waals surface area contributed by atoms with Gasteiger partial charge in [0, 0.05) is 25.0 Å². The number of carbonyl (C=O) groups is 1. The fourth-order valence-corrected chi connectivity index (χ4v) is 3.60. The van der Waals surface area contributed by atoms with Gasteiger partial charge in [-0.25, -0.2) is 13.1 Å².